The van der Waals surface area contributed by atoms with Crippen LogP contribution in [0.25, 0.3) is 0 Å². The Hall–Kier alpha value is -3.85. The lowest BCUT2D eigenvalue weighted by Gasteiger charge is -2.32. The number of para-hydroxylation sites is 2. The van der Waals surface area contributed by atoms with E-state index in [1.807, 2.05) is 24.3 Å². The summed E-state index contributed by atoms with van der Waals surface area (Å²) in [5.41, 5.74) is 2.30. The van der Waals surface area contributed by atoms with Gasteiger partial charge in [0.15, 0.2) is 11.5 Å². The Morgan fingerprint density at radius 3 is 2.37 bits per heavy atom. The number of hydrogen-bond acceptors (Lipinski definition) is 8. The molecule has 2 aliphatic rings. The summed E-state index contributed by atoms with van der Waals surface area (Å²) in [5.74, 6) is 2.87. The number of fused-ring (bicyclic) bond motifs is 1. The number of morpholine rings is 1. The summed E-state index contributed by atoms with van der Waals surface area (Å²) < 4.78 is 22.5. The first-order valence-electron chi connectivity index (χ1n) is 11.6. The van der Waals surface area contributed by atoms with E-state index < -0.39 is 0 Å². The van der Waals surface area contributed by atoms with Gasteiger partial charge in [0.25, 0.3) is 5.91 Å². The molecule has 3 aromatic rings. The molecular weight excluding hydrogens is 448 g/mol. The monoisotopic (exact) mass is 476 g/mol. The summed E-state index contributed by atoms with van der Waals surface area (Å²) in [6.07, 6.45) is 0.610. The van der Waals surface area contributed by atoms with Crippen LogP contribution >= 0.6 is 0 Å². The Morgan fingerprint density at radius 2 is 1.66 bits per heavy atom. The third-order valence-electron chi connectivity index (χ3n) is 6.20. The fourth-order valence-corrected chi connectivity index (χ4v) is 4.26. The number of nitrogens with zero attached hydrogens (tertiary/aromatic N) is 4. The molecule has 0 aliphatic carbocycles. The maximum absolute atomic E-state index is 13.3. The lowest BCUT2D eigenvalue weighted by molar-refractivity contribution is 0.0731. The number of ether oxygens (including phenoxy) is 4. The molecule has 1 saturated heterocycles. The molecule has 0 spiro atoms. The third-order valence-corrected chi connectivity index (χ3v) is 6.20. The summed E-state index contributed by atoms with van der Waals surface area (Å²) in [6, 6.07) is 14.6. The zero-order chi connectivity index (χ0) is 24.2. The molecule has 35 heavy (non-hydrogen) atoms. The maximum atomic E-state index is 13.3. The largest absolute Gasteiger partial charge is 0.497 e. The Bertz CT molecular complexity index is 1190. The van der Waals surface area contributed by atoms with Gasteiger partial charge < -0.3 is 28.7 Å². The number of carbonyl (C=O) groups excluding carboxylic acids is 1. The highest BCUT2D eigenvalue weighted by molar-refractivity contribution is 5.94. The van der Waals surface area contributed by atoms with Crippen LogP contribution in [0.2, 0.25) is 0 Å². The molecule has 5 rings (SSSR count). The fraction of sp³-hybridized carbons (Fsp3) is 0.346. The average molecular weight is 477 g/mol. The van der Waals surface area contributed by atoms with Crippen molar-refractivity contribution in [3.63, 3.8) is 0 Å². The molecule has 1 amide bonds. The van der Waals surface area contributed by atoms with Crippen molar-refractivity contribution in [3.8, 4) is 23.1 Å². The zero-order valence-corrected chi connectivity index (χ0v) is 19.9. The van der Waals surface area contributed by atoms with Crippen LogP contribution in [-0.4, -0.2) is 67.8 Å². The standard InChI is InChI=1S/C26H28N4O5/c1-32-19-9-7-18(8-10-19)25(31)30-12-11-21-20(17-30)24(35-23-6-4-3-5-22(23)33-2)28-26(27-21)29-13-15-34-16-14-29/h3-10H,11-17H2,1-2H3. The second-order valence-electron chi connectivity index (χ2n) is 8.31. The van der Waals surface area contributed by atoms with Crippen molar-refractivity contribution in [2.75, 3.05) is 52.0 Å². The van der Waals surface area contributed by atoms with E-state index in [4.69, 9.17) is 28.9 Å². The molecule has 1 fully saturated rings. The van der Waals surface area contributed by atoms with Crippen molar-refractivity contribution < 1.29 is 23.7 Å². The van der Waals surface area contributed by atoms with Crippen LogP contribution in [-0.2, 0) is 17.7 Å². The maximum Gasteiger partial charge on any atom is 0.254 e. The van der Waals surface area contributed by atoms with Crippen LogP contribution in [0.15, 0.2) is 48.5 Å². The number of hydrogen-bond donors (Lipinski definition) is 0. The molecular formula is C26H28N4O5. The predicted octanol–water partition coefficient (Wildman–Crippen LogP) is 3.32. The van der Waals surface area contributed by atoms with Crippen molar-refractivity contribution in [2.24, 2.45) is 0 Å². The molecule has 9 heteroatoms. The lowest BCUT2D eigenvalue weighted by Crippen LogP contribution is -2.39. The van der Waals surface area contributed by atoms with E-state index in [-0.39, 0.29) is 5.91 Å². The minimum atomic E-state index is -0.0567. The number of benzene rings is 2. The molecule has 0 bridgehead atoms. The van der Waals surface area contributed by atoms with E-state index in [0.717, 1.165) is 24.3 Å². The first kappa shape index (κ1) is 22.9. The number of methoxy groups -OCH3 is 2. The lowest BCUT2D eigenvalue weighted by atomic mass is 10.0. The van der Waals surface area contributed by atoms with Gasteiger partial charge in [-0.2, -0.15) is 4.98 Å². The molecule has 0 unspecified atom stereocenters. The second kappa shape index (κ2) is 10.2. The highest BCUT2D eigenvalue weighted by Crippen LogP contribution is 2.35. The van der Waals surface area contributed by atoms with Gasteiger partial charge in [-0.05, 0) is 36.4 Å². The van der Waals surface area contributed by atoms with Crippen molar-refractivity contribution in [1.29, 1.82) is 0 Å². The summed E-state index contributed by atoms with van der Waals surface area (Å²) in [5, 5.41) is 0. The quantitative estimate of drug-likeness (QED) is 0.536. The van der Waals surface area contributed by atoms with Gasteiger partial charge >= 0.3 is 0 Å². The SMILES string of the molecule is COc1ccc(C(=O)N2CCc3nc(N4CCOCC4)nc(Oc4ccccc4OC)c3C2)cc1. The van der Waals surface area contributed by atoms with Crippen molar-refractivity contribution in [3.05, 3.63) is 65.4 Å². The average Bonchev–Trinajstić information content (AvgIpc) is 2.93. The summed E-state index contributed by atoms with van der Waals surface area (Å²) in [4.78, 5) is 26.8. The topological polar surface area (TPSA) is 86.3 Å². The van der Waals surface area contributed by atoms with Crippen molar-refractivity contribution in [1.82, 2.24) is 14.9 Å². The Morgan fingerprint density at radius 1 is 0.914 bits per heavy atom. The normalized spacial score (nSPS) is 15.4. The van der Waals surface area contributed by atoms with E-state index in [0.29, 0.717) is 67.4 Å². The highest BCUT2D eigenvalue weighted by atomic mass is 16.5. The molecule has 0 atom stereocenters. The number of anilines is 1. The van der Waals surface area contributed by atoms with E-state index in [9.17, 15) is 4.79 Å². The Labute approximate surface area is 204 Å². The summed E-state index contributed by atoms with van der Waals surface area (Å²) in [7, 11) is 3.21. The van der Waals surface area contributed by atoms with Gasteiger partial charge in [-0.1, -0.05) is 12.1 Å². The van der Waals surface area contributed by atoms with Gasteiger partial charge in [0.1, 0.15) is 5.75 Å². The molecule has 3 heterocycles. The van der Waals surface area contributed by atoms with Crippen molar-refractivity contribution in [2.45, 2.75) is 13.0 Å². The highest BCUT2D eigenvalue weighted by Gasteiger charge is 2.29. The molecule has 0 saturated carbocycles. The molecule has 2 aliphatic heterocycles. The Kier molecular flexibility index (Phi) is 6.67. The van der Waals surface area contributed by atoms with Gasteiger partial charge in [-0.3, -0.25) is 4.79 Å². The Balaban J connectivity index is 1.48. The number of carbonyl (C=O) groups is 1. The number of aromatic nitrogens is 2. The van der Waals surface area contributed by atoms with E-state index in [1.54, 1.807) is 43.4 Å². The van der Waals surface area contributed by atoms with Gasteiger partial charge in [0.05, 0.1) is 45.2 Å². The van der Waals surface area contributed by atoms with Crippen LogP contribution in [0.4, 0.5) is 5.95 Å². The number of rotatable bonds is 6. The van der Waals surface area contributed by atoms with Gasteiger partial charge in [0, 0.05) is 31.6 Å². The molecule has 1 aromatic heterocycles. The molecule has 9 nitrogen and oxygen atoms in total. The summed E-state index contributed by atoms with van der Waals surface area (Å²) >= 11 is 0. The fourth-order valence-electron chi connectivity index (χ4n) is 4.26. The minimum Gasteiger partial charge on any atom is -0.497 e. The summed E-state index contributed by atoms with van der Waals surface area (Å²) in [6.45, 7) is 3.62. The van der Waals surface area contributed by atoms with Gasteiger partial charge in [0.2, 0.25) is 11.8 Å². The van der Waals surface area contributed by atoms with Crippen LogP contribution in [0.1, 0.15) is 21.6 Å². The van der Waals surface area contributed by atoms with Crippen LogP contribution in [0, 0.1) is 0 Å². The number of amides is 1. The third kappa shape index (κ3) is 4.85. The zero-order valence-electron chi connectivity index (χ0n) is 19.9. The van der Waals surface area contributed by atoms with E-state index in [2.05, 4.69) is 4.90 Å². The van der Waals surface area contributed by atoms with Crippen LogP contribution in [0.3, 0.4) is 0 Å². The predicted molar refractivity (Wildman–Crippen MR) is 130 cm³/mol. The molecule has 2 aromatic carbocycles. The van der Waals surface area contributed by atoms with E-state index in [1.165, 1.54) is 0 Å². The second-order valence-corrected chi connectivity index (χ2v) is 8.31. The minimum absolute atomic E-state index is 0.0567. The first-order valence-corrected chi connectivity index (χ1v) is 11.6. The first-order chi connectivity index (χ1) is 17.2. The van der Waals surface area contributed by atoms with Crippen LogP contribution < -0.4 is 19.1 Å². The van der Waals surface area contributed by atoms with Gasteiger partial charge in [-0.25, -0.2) is 4.98 Å². The van der Waals surface area contributed by atoms with Gasteiger partial charge in [-0.15, -0.1) is 0 Å². The molecule has 0 radical (unpaired) electrons. The van der Waals surface area contributed by atoms with Crippen LogP contribution in [0.5, 0.6) is 23.1 Å². The van der Waals surface area contributed by atoms with Crippen molar-refractivity contribution >= 4 is 11.9 Å². The smallest absolute Gasteiger partial charge is 0.254 e. The molecule has 0 N–H and O–H groups in total. The molecule has 182 valence electrons. The van der Waals surface area contributed by atoms with E-state index >= 15 is 0 Å².